The second-order valence-corrected chi connectivity index (χ2v) is 11.8. The van der Waals surface area contributed by atoms with Crippen LogP contribution in [0, 0.1) is 4.77 Å². The standard InChI is InChI=1S/C24H30N4O3S2/c29-33(30)15-13-21(17-33)27(20-10-5-2-6-11-20)18-28-24(32)26(16-19-8-3-1-4-9-19)23(25-28)22-12-7-14-31-22/h1,3-4,7-9,12,14,20-21H,2,5-6,10-11,13,15-18H2/t21-/m0/s1. The first-order valence-electron chi connectivity index (χ1n) is 11.7. The maximum absolute atomic E-state index is 12.3. The van der Waals surface area contributed by atoms with Crippen LogP contribution in [0.2, 0.25) is 0 Å². The van der Waals surface area contributed by atoms with E-state index in [1.54, 1.807) is 6.26 Å². The summed E-state index contributed by atoms with van der Waals surface area (Å²) in [6, 6.07) is 14.3. The van der Waals surface area contributed by atoms with Gasteiger partial charge in [0, 0.05) is 12.1 Å². The maximum Gasteiger partial charge on any atom is 0.199 e. The topological polar surface area (TPSA) is 73.3 Å². The molecule has 1 aliphatic carbocycles. The van der Waals surface area contributed by atoms with Crippen LogP contribution >= 0.6 is 12.2 Å². The molecule has 2 aliphatic rings. The summed E-state index contributed by atoms with van der Waals surface area (Å²) < 4.78 is 34.7. The van der Waals surface area contributed by atoms with Crippen molar-refractivity contribution in [1.29, 1.82) is 0 Å². The van der Waals surface area contributed by atoms with E-state index in [1.165, 1.54) is 19.3 Å². The lowest BCUT2D eigenvalue weighted by molar-refractivity contribution is 0.0739. The number of aromatic nitrogens is 3. The van der Waals surface area contributed by atoms with Gasteiger partial charge in [0.25, 0.3) is 0 Å². The Labute approximate surface area is 199 Å². The number of hydrogen-bond acceptors (Lipinski definition) is 6. The van der Waals surface area contributed by atoms with Crippen molar-refractivity contribution in [1.82, 2.24) is 19.2 Å². The average molecular weight is 487 g/mol. The molecule has 2 aromatic heterocycles. The smallest absolute Gasteiger partial charge is 0.199 e. The summed E-state index contributed by atoms with van der Waals surface area (Å²) in [6.07, 6.45) is 8.14. The first-order valence-corrected chi connectivity index (χ1v) is 13.9. The Kier molecular flexibility index (Phi) is 6.53. The van der Waals surface area contributed by atoms with E-state index in [0.29, 0.717) is 42.0 Å². The summed E-state index contributed by atoms with van der Waals surface area (Å²) in [5, 5.41) is 4.88. The second kappa shape index (κ2) is 9.56. The molecule has 0 spiro atoms. The number of nitrogens with zero attached hydrogens (tertiary/aromatic N) is 4. The summed E-state index contributed by atoms with van der Waals surface area (Å²) in [6.45, 7) is 1.09. The van der Waals surface area contributed by atoms with E-state index in [0.717, 1.165) is 18.4 Å². The normalized spacial score (nSPS) is 21.1. The lowest BCUT2D eigenvalue weighted by Gasteiger charge is -2.37. The summed E-state index contributed by atoms with van der Waals surface area (Å²) in [4.78, 5) is 2.37. The molecule has 0 unspecified atom stereocenters. The minimum absolute atomic E-state index is 0.0198. The van der Waals surface area contributed by atoms with Crippen LogP contribution in [0.3, 0.4) is 0 Å². The quantitative estimate of drug-likeness (QED) is 0.458. The van der Waals surface area contributed by atoms with Gasteiger partial charge in [-0.3, -0.25) is 9.47 Å². The van der Waals surface area contributed by atoms with Crippen molar-refractivity contribution >= 4 is 22.1 Å². The van der Waals surface area contributed by atoms with Crippen LogP contribution in [-0.4, -0.2) is 51.3 Å². The monoisotopic (exact) mass is 486 g/mol. The molecule has 1 aromatic carbocycles. The number of furan rings is 1. The van der Waals surface area contributed by atoms with Gasteiger partial charge in [0.2, 0.25) is 0 Å². The van der Waals surface area contributed by atoms with Crippen LogP contribution in [0.25, 0.3) is 11.6 Å². The SMILES string of the molecule is O=S1(=O)CC[C@H](N(Cn2nc(-c3ccco3)n(Cc3ccccc3)c2=S)C2CCCCC2)C1. The molecule has 0 N–H and O–H groups in total. The fourth-order valence-corrected chi connectivity index (χ4v) is 7.15. The minimum atomic E-state index is -2.98. The van der Waals surface area contributed by atoms with E-state index >= 15 is 0 Å². The molecule has 0 radical (unpaired) electrons. The molecule has 0 amide bonds. The molecular formula is C24H30N4O3S2. The van der Waals surface area contributed by atoms with Crippen LogP contribution in [0.15, 0.2) is 53.1 Å². The highest BCUT2D eigenvalue weighted by atomic mass is 32.2. The molecule has 5 rings (SSSR count). The highest BCUT2D eigenvalue weighted by Gasteiger charge is 2.36. The summed E-state index contributed by atoms with van der Waals surface area (Å²) in [7, 11) is -2.98. The van der Waals surface area contributed by atoms with Crippen LogP contribution in [0.4, 0.5) is 0 Å². The zero-order valence-corrected chi connectivity index (χ0v) is 20.3. The maximum atomic E-state index is 12.3. The van der Waals surface area contributed by atoms with Gasteiger partial charge >= 0.3 is 0 Å². The molecule has 1 saturated heterocycles. The van der Waals surface area contributed by atoms with Gasteiger partial charge in [-0.1, -0.05) is 49.6 Å². The fraction of sp³-hybridized carbons (Fsp3) is 0.500. The Morgan fingerprint density at radius 3 is 2.48 bits per heavy atom. The zero-order valence-electron chi connectivity index (χ0n) is 18.7. The van der Waals surface area contributed by atoms with Crippen molar-refractivity contribution in [2.75, 3.05) is 11.5 Å². The number of sulfone groups is 1. The Morgan fingerprint density at radius 1 is 1.03 bits per heavy atom. The number of hydrogen-bond donors (Lipinski definition) is 0. The lowest BCUT2D eigenvalue weighted by Crippen LogP contribution is -2.46. The Morgan fingerprint density at radius 2 is 1.82 bits per heavy atom. The van der Waals surface area contributed by atoms with Crippen LogP contribution in [-0.2, 0) is 23.1 Å². The highest BCUT2D eigenvalue weighted by Crippen LogP contribution is 2.29. The van der Waals surface area contributed by atoms with Crippen LogP contribution in [0.1, 0.15) is 44.1 Å². The highest BCUT2D eigenvalue weighted by molar-refractivity contribution is 7.91. The third-order valence-electron chi connectivity index (χ3n) is 6.87. The molecule has 1 saturated carbocycles. The predicted octanol–water partition coefficient (Wildman–Crippen LogP) is 4.50. The van der Waals surface area contributed by atoms with Crippen molar-refractivity contribution in [3.05, 3.63) is 59.1 Å². The zero-order chi connectivity index (χ0) is 22.8. The van der Waals surface area contributed by atoms with Crippen molar-refractivity contribution < 1.29 is 12.8 Å². The van der Waals surface area contributed by atoms with Gasteiger partial charge in [-0.25, -0.2) is 13.1 Å². The summed E-state index contributed by atoms with van der Waals surface area (Å²) in [5.41, 5.74) is 1.13. The second-order valence-electron chi connectivity index (χ2n) is 9.16. The van der Waals surface area contributed by atoms with E-state index in [4.69, 9.17) is 21.7 Å². The molecule has 176 valence electrons. The minimum Gasteiger partial charge on any atom is -0.461 e. The third-order valence-corrected chi connectivity index (χ3v) is 9.05. The molecule has 2 fully saturated rings. The van der Waals surface area contributed by atoms with E-state index in [-0.39, 0.29) is 17.5 Å². The molecule has 7 nitrogen and oxygen atoms in total. The average Bonchev–Trinajstić information content (AvgIpc) is 3.54. The first kappa shape index (κ1) is 22.6. The predicted molar refractivity (Wildman–Crippen MR) is 130 cm³/mol. The van der Waals surface area contributed by atoms with E-state index in [1.807, 2.05) is 39.6 Å². The molecule has 1 aliphatic heterocycles. The molecular weight excluding hydrogens is 456 g/mol. The van der Waals surface area contributed by atoms with Gasteiger partial charge < -0.3 is 4.42 Å². The molecule has 0 bridgehead atoms. The van der Waals surface area contributed by atoms with Gasteiger partial charge in [-0.05, 0) is 49.2 Å². The van der Waals surface area contributed by atoms with Crippen molar-refractivity contribution in [3.63, 3.8) is 0 Å². The first-order chi connectivity index (χ1) is 16.0. The van der Waals surface area contributed by atoms with Gasteiger partial charge in [-0.2, -0.15) is 0 Å². The van der Waals surface area contributed by atoms with Crippen molar-refractivity contribution in [2.24, 2.45) is 0 Å². The van der Waals surface area contributed by atoms with Gasteiger partial charge in [0.1, 0.15) is 0 Å². The van der Waals surface area contributed by atoms with Crippen LogP contribution < -0.4 is 0 Å². The van der Waals surface area contributed by atoms with Gasteiger partial charge in [0.05, 0.1) is 31.0 Å². The fourth-order valence-electron chi connectivity index (χ4n) is 5.16. The summed E-state index contributed by atoms with van der Waals surface area (Å²) in [5.74, 6) is 1.86. The third kappa shape index (κ3) is 5.00. The lowest BCUT2D eigenvalue weighted by atomic mass is 9.93. The van der Waals surface area contributed by atoms with E-state index in [2.05, 4.69) is 17.0 Å². The molecule has 3 heterocycles. The van der Waals surface area contributed by atoms with Crippen LogP contribution in [0.5, 0.6) is 0 Å². The molecule has 9 heteroatoms. The van der Waals surface area contributed by atoms with E-state index < -0.39 is 9.84 Å². The molecule has 3 aromatic rings. The Bertz CT molecular complexity index is 1230. The van der Waals surface area contributed by atoms with Crippen molar-refractivity contribution in [2.45, 2.75) is 63.8 Å². The van der Waals surface area contributed by atoms with Gasteiger partial charge in [0.15, 0.2) is 26.2 Å². The largest absolute Gasteiger partial charge is 0.461 e. The number of benzene rings is 1. The van der Waals surface area contributed by atoms with E-state index in [9.17, 15) is 8.42 Å². The van der Waals surface area contributed by atoms with Gasteiger partial charge in [-0.15, -0.1) is 5.10 Å². The van der Waals surface area contributed by atoms with Crippen molar-refractivity contribution in [3.8, 4) is 11.6 Å². The molecule has 33 heavy (non-hydrogen) atoms. The summed E-state index contributed by atoms with van der Waals surface area (Å²) >= 11 is 5.90. The molecule has 1 atom stereocenters. The Hall–Kier alpha value is -2.23. The Balaban J connectivity index is 1.50. The number of rotatable bonds is 7.